The number of anilines is 1. The van der Waals surface area contributed by atoms with Gasteiger partial charge in [0, 0.05) is 40.6 Å². The summed E-state index contributed by atoms with van der Waals surface area (Å²) in [6, 6.07) is 27.3. The van der Waals surface area contributed by atoms with Crippen molar-refractivity contribution < 1.29 is 9.59 Å². The number of carbonyl (C=O) groups excluding carboxylic acids is 2. The van der Waals surface area contributed by atoms with E-state index in [0.29, 0.717) is 33.7 Å². The van der Waals surface area contributed by atoms with Crippen molar-refractivity contribution in [1.29, 1.82) is 0 Å². The fraction of sp³-hybridized carbons (Fsp3) is 0.212. The number of carbonyl (C=O) groups is 2. The van der Waals surface area contributed by atoms with E-state index >= 15 is 0 Å². The molecule has 0 aliphatic rings. The lowest BCUT2D eigenvalue weighted by atomic mass is 9.96. The van der Waals surface area contributed by atoms with Crippen molar-refractivity contribution in [3.63, 3.8) is 0 Å². The van der Waals surface area contributed by atoms with Crippen LogP contribution in [0.15, 0.2) is 95.8 Å². The zero-order valence-electron chi connectivity index (χ0n) is 23.9. The molecule has 0 amide bonds. The number of Topliss-reactive ketones (excluding diaryl/α,β-unsaturated/α-hetero) is 1. The third-order valence-electron chi connectivity index (χ3n) is 6.85. The van der Waals surface area contributed by atoms with E-state index in [0.717, 1.165) is 16.0 Å². The Labute approximate surface area is 253 Å². The average molecular weight is 599 g/mol. The Morgan fingerprint density at radius 2 is 1.60 bits per heavy atom. The van der Waals surface area contributed by atoms with Crippen LogP contribution in [-0.4, -0.2) is 33.1 Å². The number of hydrogen-bond acceptors (Lipinski definition) is 6. The lowest BCUT2D eigenvalue weighted by Gasteiger charge is -2.22. The highest BCUT2D eigenvalue weighted by Crippen LogP contribution is 2.34. The second-order valence-corrected chi connectivity index (χ2v) is 12.9. The van der Waals surface area contributed by atoms with Crippen LogP contribution in [-0.2, 0) is 13.1 Å². The third-order valence-corrected chi connectivity index (χ3v) is 8.06. The first-order valence-corrected chi connectivity index (χ1v) is 14.7. The minimum Gasteiger partial charge on any atom is -0.354 e. The summed E-state index contributed by atoms with van der Waals surface area (Å²) in [4.78, 5) is 43.4. The van der Waals surface area contributed by atoms with Gasteiger partial charge in [-0.15, -0.1) is 11.3 Å². The van der Waals surface area contributed by atoms with E-state index in [1.54, 1.807) is 30.3 Å². The van der Waals surface area contributed by atoms with Gasteiger partial charge in [-0.05, 0) is 23.8 Å². The Kier molecular flexibility index (Phi) is 8.29. The second kappa shape index (κ2) is 11.9. The molecule has 0 unspecified atom stereocenters. The van der Waals surface area contributed by atoms with E-state index in [1.807, 2.05) is 87.3 Å². The molecule has 2 aromatic carbocycles. The molecule has 0 saturated carbocycles. The van der Waals surface area contributed by atoms with Crippen molar-refractivity contribution in [2.24, 2.45) is 5.41 Å². The Bertz CT molecular complexity index is 1800. The van der Waals surface area contributed by atoms with Gasteiger partial charge in [0.15, 0.2) is 5.78 Å². The summed E-state index contributed by atoms with van der Waals surface area (Å²) in [5, 5.41) is 4.81. The van der Waals surface area contributed by atoms with Crippen LogP contribution in [0.3, 0.4) is 0 Å². The molecule has 0 aliphatic heterocycles. The number of rotatable bonds is 8. The van der Waals surface area contributed by atoms with Gasteiger partial charge in [0.25, 0.3) is 11.5 Å². The highest BCUT2D eigenvalue weighted by molar-refractivity contribution is 7.16. The van der Waals surface area contributed by atoms with Crippen LogP contribution in [0.2, 0.25) is 4.34 Å². The van der Waals surface area contributed by atoms with E-state index in [1.165, 1.54) is 26.7 Å². The molecule has 214 valence electrons. The minimum absolute atomic E-state index is 0.183. The minimum atomic E-state index is -0.729. The number of benzene rings is 2. The van der Waals surface area contributed by atoms with Crippen LogP contribution in [0.4, 0.5) is 5.82 Å². The molecule has 0 bridgehead atoms. The molecule has 0 fully saturated rings. The zero-order chi connectivity index (χ0) is 30.0. The molecule has 0 radical (unpaired) electrons. The molecule has 0 atom stereocenters. The Balaban J connectivity index is 1.71. The van der Waals surface area contributed by atoms with Crippen molar-refractivity contribution in [3.05, 3.63) is 116 Å². The summed E-state index contributed by atoms with van der Waals surface area (Å²) in [7, 11) is 1.88. The number of nitrogens with zero attached hydrogens (tertiary/aromatic N) is 4. The van der Waals surface area contributed by atoms with Gasteiger partial charge in [0.2, 0.25) is 0 Å². The quantitative estimate of drug-likeness (QED) is 0.175. The molecule has 0 saturated heterocycles. The third kappa shape index (κ3) is 6.15. The van der Waals surface area contributed by atoms with Gasteiger partial charge in [-0.25, -0.2) is 0 Å². The van der Waals surface area contributed by atoms with Gasteiger partial charge in [-0.1, -0.05) is 93.0 Å². The number of ketones is 1. The lowest BCUT2D eigenvalue weighted by molar-refractivity contribution is 0.0750. The molecular formula is C33H31ClN4O3S. The monoisotopic (exact) mass is 598 g/mol. The highest BCUT2D eigenvalue weighted by atomic mass is 35.5. The molecule has 9 heteroatoms. The molecule has 0 aliphatic carbocycles. The van der Waals surface area contributed by atoms with Crippen molar-refractivity contribution in [1.82, 2.24) is 14.3 Å². The van der Waals surface area contributed by atoms with Crippen molar-refractivity contribution in [3.8, 4) is 22.5 Å². The Morgan fingerprint density at radius 3 is 2.21 bits per heavy atom. The molecule has 5 aromatic rings. The first-order valence-electron chi connectivity index (χ1n) is 13.5. The van der Waals surface area contributed by atoms with Gasteiger partial charge in [-0.3, -0.25) is 19.0 Å². The summed E-state index contributed by atoms with van der Waals surface area (Å²) in [6.45, 7) is 5.83. The smallest absolute Gasteiger partial charge is 0.254 e. The van der Waals surface area contributed by atoms with Crippen LogP contribution in [0.5, 0.6) is 0 Å². The predicted octanol–water partition coefficient (Wildman–Crippen LogP) is 7.30. The maximum absolute atomic E-state index is 13.7. The van der Waals surface area contributed by atoms with Crippen LogP contribution in [0.25, 0.3) is 22.5 Å². The van der Waals surface area contributed by atoms with Gasteiger partial charge < -0.3 is 4.90 Å². The van der Waals surface area contributed by atoms with E-state index in [4.69, 9.17) is 16.7 Å². The molecule has 42 heavy (non-hydrogen) atoms. The van der Waals surface area contributed by atoms with Crippen molar-refractivity contribution in [2.75, 3.05) is 11.9 Å². The predicted molar refractivity (Wildman–Crippen MR) is 170 cm³/mol. The Morgan fingerprint density at radius 1 is 0.929 bits per heavy atom. The summed E-state index contributed by atoms with van der Waals surface area (Å²) < 4.78 is 3.54. The van der Waals surface area contributed by atoms with Gasteiger partial charge in [0.05, 0.1) is 23.1 Å². The van der Waals surface area contributed by atoms with Gasteiger partial charge in [0.1, 0.15) is 11.5 Å². The maximum atomic E-state index is 13.7. The molecule has 5 rings (SSSR count). The molecule has 3 heterocycles. The van der Waals surface area contributed by atoms with E-state index in [-0.39, 0.29) is 23.8 Å². The molecule has 0 N–H and O–H groups in total. The van der Waals surface area contributed by atoms with Gasteiger partial charge >= 0.3 is 0 Å². The number of thiophene rings is 1. The van der Waals surface area contributed by atoms with E-state index in [2.05, 4.69) is 0 Å². The lowest BCUT2D eigenvalue weighted by Crippen LogP contribution is -2.31. The average Bonchev–Trinajstić information content (AvgIpc) is 3.60. The first kappa shape index (κ1) is 29.2. The topological polar surface area (TPSA) is 77.2 Å². The van der Waals surface area contributed by atoms with Crippen molar-refractivity contribution in [2.45, 2.75) is 33.9 Å². The summed E-state index contributed by atoms with van der Waals surface area (Å²) in [6.07, 6.45) is 0. The summed E-state index contributed by atoms with van der Waals surface area (Å²) >= 11 is 7.65. The number of aromatic nitrogens is 3. The molecule has 0 spiro atoms. The fourth-order valence-electron chi connectivity index (χ4n) is 4.70. The van der Waals surface area contributed by atoms with Crippen molar-refractivity contribution >= 4 is 40.4 Å². The maximum Gasteiger partial charge on any atom is 0.254 e. The second-order valence-electron chi connectivity index (χ2n) is 11.1. The standard InChI is InChI=1S/C33H31ClN4O3S/c1-33(2,3)32(41)38-29(36(4)20-24-15-17-28(34)42-24)19-26(35-38)31-25(22-11-7-5-8-12-22)16-18-30(40)37(31)21-27(39)23-13-9-6-10-14-23/h5-19H,20-21H2,1-4H3. The molecule has 3 aromatic heterocycles. The number of hydrogen-bond donors (Lipinski definition) is 0. The van der Waals surface area contributed by atoms with E-state index in [9.17, 15) is 14.4 Å². The van der Waals surface area contributed by atoms with Crippen LogP contribution in [0.1, 0.15) is 40.8 Å². The first-order chi connectivity index (χ1) is 20.0. The summed E-state index contributed by atoms with van der Waals surface area (Å²) in [5.74, 6) is 0.151. The van der Waals surface area contributed by atoms with Crippen LogP contribution >= 0.6 is 22.9 Å². The Hall–Kier alpha value is -4.27. The largest absolute Gasteiger partial charge is 0.354 e. The van der Waals surface area contributed by atoms with Crippen LogP contribution in [0, 0.1) is 5.41 Å². The highest BCUT2D eigenvalue weighted by Gasteiger charge is 2.30. The van der Waals surface area contributed by atoms with Crippen LogP contribution < -0.4 is 10.5 Å². The SMILES string of the molecule is CN(Cc1ccc(Cl)s1)c1cc(-c2c(-c3ccccc3)ccc(=O)n2CC(=O)c2ccccc2)nn1C(=O)C(C)(C)C. The molecule has 7 nitrogen and oxygen atoms in total. The zero-order valence-corrected chi connectivity index (χ0v) is 25.4. The van der Waals surface area contributed by atoms with E-state index < -0.39 is 5.41 Å². The number of halogens is 1. The number of pyridine rings is 1. The normalized spacial score (nSPS) is 11.5. The summed E-state index contributed by atoms with van der Waals surface area (Å²) in [5.41, 5.74) is 1.89. The molecular weight excluding hydrogens is 568 g/mol. The fourth-order valence-corrected chi connectivity index (χ4v) is 5.84. The van der Waals surface area contributed by atoms with Gasteiger partial charge in [-0.2, -0.15) is 9.78 Å².